The van der Waals surface area contributed by atoms with Gasteiger partial charge >= 0.3 is 5.92 Å². The van der Waals surface area contributed by atoms with Gasteiger partial charge in [0.05, 0.1) is 6.61 Å². The number of hydrogen-bond donors (Lipinski definition) is 0. The Morgan fingerprint density at radius 1 is 1.15 bits per heavy atom. The van der Waals surface area contributed by atoms with Crippen LogP contribution in [0.2, 0.25) is 0 Å². The first-order valence-electron chi connectivity index (χ1n) is 6.87. The molecule has 5 heteroatoms. The van der Waals surface area contributed by atoms with E-state index >= 15 is 0 Å². The maximum absolute atomic E-state index is 14.0. The Labute approximate surface area is 117 Å². The molecular weight excluding hydrogens is 269 g/mol. The van der Waals surface area contributed by atoms with E-state index in [9.17, 15) is 13.2 Å². The molecule has 0 bridgehead atoms. The number of hydrogen-bond acceptors (Lipinski definition) is 2. The highest BCUT2D eigenvalue weighted by Crippen LogP contribution is 2.30. The summed E-state index contributed by atoms with van der Waals surface area (Å²) in [5, 5.41) is 0. The number of unbranched alkanes of at least 4 members (excludes halogenated alkanes) is 2. The normalized spacial score (nSPS) is 13.2. The molecule has 1 rings (SSSR count). The van der Waals surface area contributed by atoms with Gasteiger partial charge in [0.2, 0.25) is 0 Å². The lowest BCUT2D eigenvalue weighted by molar-refractivity contribution is -0.224. The molecular formula is C15H21F3O2. The quantitative estimate of drug-likeness (QED) is 0.463. The smallest absolute Gasteiger partial charge is 0.308 e. The van der Waals surface area contributed by atoms with Crippen molar-refractivity contribution in [2.45, 2.75) is 44.8 Å². The fraction of sp³-hybridized carbons (Fsp3) is 0.600. The van der Waals surface area contributed by atoms with E-state index in [1.54, 1.807) is 30.3 Å². The molecule has 20 heavy (non-hydrogen) atoms. The summed E-state index contributed by atoms with van der Waals surface area (Å²) in [6.45, 7) is 0.719. The topological polar surface area (TPSA) is 18.5 Å². The van der Waals surface area contributed by atoms with Gasteiger partial charge in [-0.1, -0.05) is 38.0 Å². The minimum atomic E-state index is -3.14. The average molecular weight is 290 g/mol. The van der Waals surface area contributed by atoms with E-state index in [1.807, 2.05) is 6.92 Å². The van der Waals surface area contributed by atoms with Crippen LogP contribution in [0.5, 0.6) is 5.75 Å². The summed E-state index contributed by atoms with van der Waals surface area (Å²) in [5.41, 5.74) is 0. The van der Waals surface area contributed by atoms with Gasteiger partial charge in [-0.05, 0) is 18.6 Å². The molecule has 1 atom stereocenters. The van der Waals surface area contributed by atoms with Crippen molar-refractivity contribution in [1.82, 2.24) is 0 Å². The average Bonchev–Trinajstić information content (AvgIpc) is 2.44. The van der Waals surface area contributed by atoms with Gasteiger partial charge in [-0.15, -0.1) is 0 Å². The molecule has 1 aromatic rings. The highest BCUT2D eigenvalue weighted by molar-refractivity contribution is 5.21. The number of para-hydroxylation sites is 1. The highest BCUT2D eigenvalue weighted by atomic mass is 19.3. The largest absolute Gasteiger partial charge is 0.458 e. The third-order valence-electron chi connectivity index (χ3n) is 2.79. The molecule has 0 saturated carbocycles. The van der Waals surface area contributed by atoms with E-state index in [2.05, 4.69) is 0 Å². The van der Waals surface area contributed by atoms with Crippen LogP contribution in [0.15, 0.2) is 30.3 Å². The van der Waals surface area contributed by atoms with Crippen molar-refractivity contribution in [3.63, 3.8) is 0 Å². The number of rotatable bonds is 10. The number of halogens is 3. The third-order valence-corrected chi connectivity index (χ3v) is 2.79. The summed E-state index contributed by atoms with van der Waals surface area (Å²) in [5.74, 6) is -2.85. The molecule has 1 unspecified atom stereocenters. The van der Waals surface area contributed by atoms with Crippen LogP contribution in [-0.2, 0) is 4.74 Å². The summed E-state index contributed by atoms with van der Waals surface area (Å²) < 4.78 is 50.3. The SMILES string of the molecule is CCCCCC(F)(F)C(OCCF)Oc1ccccc1. The second kappa shape index (κ2) is 8.84. The fourth-order valence-electron chi connectivity index (χ4n) is 1.74. The Bertz CT molecular complexity index is 357. The fourth-order valence-corrected chi connectivity index (χ4v) is 1.74. The van der Waals surface area contributed by atoms with E-state index in [1.165, 1.54) is 0 Å². The molecule has 0 saturated heterocycles. The molecule has 0 amide bonds. The monoisotopic (exact) mass is 290 g/mol. The Morgan fingerprint density at radius 2 is 1.85 bits per heavy atom. The van der Waals surface area contributed by atoms with Crippen LogP contribution in [0.1, 0.15) is 32.6 Å². The van der Waals surface area contributed by atoms with E-state index < -0.39 is 25.5 Å². The third kappa shape index (κ3) is 5.82. The molecule has 0 aromatic heterocycles. The van der Waals surface area contributed by atoms with Gasteiger partial charge in [-0.3, -0.25) is 0 Å². The Kier molecular flexibility index (Phi) is 7.44. The second-order valence-electron chi connectivity index (χ2n) is 4.54. The number of alkyl halides is 3. The van der Waals surface area contributed by atoms with Crippen LogP contribution < -0.4 is 4.74 Å². The predicted octanol–water partition coefficient (Wildman–Crippen LogP) is 4.59. The van der Waals surface area contributed by atoms with E-state index in [-0.39, 0.29) is 12.2 Å². The molecule has 0 heterocycles. The maximum Gasteiger partial charge on any atom is 0.308 e. The Hall–Kier alpha value is -1.23. The minimum Gasteiger partial charge on any atom is -0.458 e. The number of ether oxygens (including phenoxy) is 2. The van der Waals surface area contributed by atoms with Crippen LogP contribution in [0.25, 0.3) is 0 Å². The highest BCUT2D eigenvalue weighted by Gasteiger charge is 2.42. The van der Waals surface area contributed by atoms with E-state index in [0.29, 0.717) is 6.42 Å². The second-order valence-corrected chi connectivity index (χ2v) is 4.54. The molecule has 0 radical (unpaired) electrons. The molecule has 0 spiro atoms. The summed E-state index contributed by atoms with van der Waals surface area (Å²) >= 11 is 0. The molecule has 0 N–H and O–H groups in total. The lowest BCUT2D eigenvalue weighted by Crippen LogP contribution is -2.41. The summed E-state index contributed by atoms with van der Waals surface area (Å²) in [4.78, 5) is 0. The van der Waals surface area contributed by atoms with Gasteiger partial charge < -0.3 is 9.47 Å². The molecule has 114 valence electrons. The zero-order valence-corrected chi connectivity index (χ0v) is 11.7. The van der Waals surface area contributed by atoms with Gasteiger partial charge in [0.1, 0.15) is 12.4 Å². The van der Waals surface area contributed by atoms with Crippen molar-refractivity contribution in [2.24, 2.45) is 0 Å². The zero-order chi connectivity index (χ0) is 14.8. The van der Waals surface area contributed by atoms with Crippen molar-refractivity contribution < 1.29 is 22.6 Å². The Balaban J connectivity index is 2.66. The molecule has 0 fully saturated rings. The molecule has 2 nitrogen and oxygen atoms in total. The van der Waals surface area contributed by atoms with Crippen LogP contribution >= 0.6 is 0 Å². The summed E-state index contributed by atoms with van der Waals surface area (Å²) in [6.07, 6.45) is -0.123. The summed E-state index contributed by atoms with van der Waals surface area (Å²) in [6, 6.07) is 8.24. The van der Waals surface area contributed by atoms with Crippen LogP contribution in [-0.4, -0.2) is 25.5 Å². The van der Waals surface area contributed by atoms with Crippen LogP contribution in [0, 0.1) is 0 Å². The lowest BCUT2D eigenvalue weighted by atomic mass is 10.1. The van der Waals surface area contributed by atoms with Crippen LogP contribution in [0.4, 0.5) is 13.2 Å². The Morgan fingerprint density at radius 3 is 2.45 bits per heavy atom. The predicted molar refractivity (Wildman–Crippen MR) is 71.9 cm³/mol. The van der Waals surface area contributed by atoms with Gasteiger partial charge in [-0.2, -0.15) is 8.78 Å². The maximum atomic E-state index is 14.0. The summed E-state index contributed by atoms with van der Waals surface area (Å²) in [7, 11) is 0. The van der Waals surface area contributed by atoms with Gasteiger partial charge in [0.15, 0.2) is 0 Å². The molecule has 0 aliphatic carbocycles. The minimum absolute atomic E-state index is 0.284. The van der Waals surface area contributed by atoms with E-state index in [0.717, 1.165) is 12.8 Å². The van der Waals surface area contributed by atoms with Gasteiger partial charge in [0, 0.05) is 6.42 Å². The molecule has 0 aliphatic rings. The van der Waals surface area contributed by atoms with Crippen molar-refractivity contribution in [2.75, 3.05) is 13.3 Å². The van der Waals surface area contributed by atoms with Crippen molar-refractivity contribution in [3.05, 3.63) is 30.3 Å². The molecule has 1 aromatic carbocycles. The van der Waals surface area contributed by atoms with Crippen LogP contribution in [0.3, 0.4) is 0 Å². The first kappa shape index (κ1) is 16.8. The number of benzene rings is 1. The first-order valence-corrected chi connectivity index (χ1v) is 6.87. The van der Waals surface area contributed by atoms with Gasteiger partial charge in [0.25, 0.3) is 6.29 Å². The van der Waals surface area contributed by atoms with Crippen molar-refractivity contribution in [1.29, 1.82) is 0 Å². The lowest BCUT2D eigenvalue weighted by Gasteiger charge is -2.27. The first-order chi connectivity index (χ1) is 9.60. The van der Waals surface area contributed by atoms with Crippen molar-refractivity contribution >= 4 is 0 Å². The zero-order valence-electron chi connectivity index (χ0n) is 11.7. The standard InChI is InChI=1S/C15H21F3O2/c1-2-3-7-10-15(17,18)14(19-12-11-16)20-13-8-5-4-6-9-13/h4-6,8-9,14H,2-3,7,10-12H2,1H3. The van der Waals surface area contributed by atoms with E-state index in [4.69, 9.17) is 9.47 Å². The van der Waals surface area contributed by atoms with Crippen molar-refractivity contribution in [3.8, 4) is 5.75 Å². The van der Waals surface area contributed by atoms with Gasteiger partial charge in [-0.25, -0.2) is 4.39 Å². The molecule has 0 aliphatic heterocycles.